The molecule has 0 amide bonds. The van der Waals surface area contributed by atoms with Crippen LogP contribution in [0.2, 0.25) is 0 Å². The predicted molar refractivity (Wildman–Crippen MR) is 250 cm³/mol. The van der Waals surface area contributed by atoms with E-state index < -0.39 is 11.7 Å². The number of pyridine rings is 1. The Bertz CT molecular complexity index is 2710. The van der Waals surface area contributed by atoms with Crippen molar-refractivity contribution >= 4 is 0 Å². The van der Waals surface area contributed by atoms with Crippen molar-refractivity contribution in [1.29, 1.82) is 0 Å². The minimum atomic E-state index is -4.37. The van der Waals surface area contributed by atoms with Gasteiger partial charge in [-0.05, 0) is 83.5 Å². The molecule has 10 heteroatoms. The molecule has 6 nitrogen and oxygen atoms in total. The van der Waals surface area contributed by atoms with E-state index >= 15 is 0 Å². The number of nitrogens with zero attached hydrogens (tertiary/aromatic N) is 6. The second kappa shape index (κ2) is 22.3. The number of aromatic nitrogens is 6. The molecule has 0 bridgehead atoms. The van der Waals surface area contributed by atoms with Gasteiger partial charge in [0.25, 0.3) is 0 Å². The van der Waals surface area contributed by atoms with Gasteiger partial charge in [0, 0.05) is 37.7 Å². The second-order valence-corrected chi connectivity index (χ2v) is 16.7. The number of rotatable bonds is 14. The van der Waals surface area contributed by atoms with E-state index in [1.54, 1.807) is 6.20 Å². The number of para-hydroxylation sites is 1. The molecule has 0 N–H and O–H groups in total. The van der Waals surface area contributed by atoms with Gasteiger partial charge in [-0.3, -0.25) is 14.6 Å². The Balaban J connectivity index is 0.000000247. The third-order valence-electron chi connectivity index (χ3n) is 11.2. The minimum absolute atomic E-state index is 0. The first-order valence-electron chi connectivity index (χ1n) is 22.0. The normalized spacial score (nSPS) is 11.4. The smallest absolute Gasteiger partial charge is 0.340 e. The molecular formula is C55H54F3IrN6. The number of hydrogen-bond acceptors (Lipinski definition) is 4. The van der Waals surface area contributed by atoms with Crippen molar-refractivity contribution in [2.45, 2.75) is 91.2 Å². The number of halogens is 3. The monoisotopic (exact) mass is 1050 g/mol. The molecule has 334 valence electrons. The van der Waals surface area contributed by atoms with Crippen LogP contribution in [0.1, 0.15) is 97.6 Å². The van der Waals surface area contributed by atoms with Crippen molar-refractivity contribution in [2.24, 2.45) is 7.05 Å². The molecule has 0 aliphatic rings. The second-order valence-electron chi connectivity index (χ2n) is 16.7. The molecule has 3 heterocycles. The first-order valence-corrected chi connectivity index (χ1v) is 22.0. The van der Waals surface area contributed by atoms with E-state index in [-0.39, 0.29) is 20.1 Å². The van der Waals surface area contributed by atoms with Gasteiger partial charge >= 0.3 is 26.3 Å². The Labute approximate surface area is 395 Å². The van der Waals surface area contributed by atoms with E-state index in [4.69, 9.17) is 0 Å². The van der Waals surface area contributed by atoms with Gasteiger partial charge < -0.3 is 9.55 Å². The quantitative estimate of drug-likeness (QED) is 0.102. The van der Waals surface area contributed by atoms with E-state index in [2.05, 4.69) is 144 Å². The standard InChI is InChI=1S/C34H31F3N4.C21H23N2.Ir/c1-3-5-32-39-33(41(2)40-32)29-7-4-6-26(22-29)14-12-24-8-10-25(11-9-24)13-15-27-20-21-38-31(23-27)28-16-18-30(19-17-28)34(35,36)37;1-15(2)18-11-8-12-19(16(3)4)20(18)23-14-13-22-21(23)17-9-6-5-7-10-17;/h4,6,8-11,16,18-23H,3,5,12-15H2,1-2H3;5-9,11-16H,1-4H3;/q-2;-1;+3. The zero-order chi connectivity index (χ0) is 45.2. The van der Waals surface area contributed by atoms with Gasteiger partial charge in [-0.1, -0.05) is 88.7 Å². The summed E-state index contributed by atoms with van der Waals surface area (Å²) < 4.78 is 42.6. The number of hydrogen-bond donors (Lipinski definition) is 0. The maximum Gasteiger partial charge on any atom is 3.00 e. The van der Waals surface area contributed by atoms with Crippen LogP contribution in [0, 0.1) is 18.2 Å². The first kappa shape index (κ1) is 48.5. The van der Waals surface area contributed by atoms with Crippen LogP contribution in [-0.4, -0.2) is 29.3 Å². The molecule has 65 heavy (non-hydrogen) atoms. The van der Waals surface area contributed by atoms with E-state index in [0.717, 1.165) is 84.8 Å². The Kier molecular flexibility index (Phi) is 16.6. The molecule has 0 saturated carbocycles. The van der Waals surface area contributed by atoms with Crippen LogP contribution in [0.15, 0.2) is 134 Å². The zero-order valence-corrected chi connectivity index (χ0v) is 40.1. The fraction of sp³-hybridized carbons (Fsp3) is 0.273. The van der Waals surface area contributed by atoms with Crippen LogP contribution in [0.5, 0.6) is 0 Å². The van der Waals surface area contributed by atoms with E-state index in [1.165, 1.54) is 39.6 Å². The first-order chi connectivity index (χ1) is 30.9. The van der Waals surface area contributed by atoms with Crippen molar-refractivity contribution in [3.63, 3.8) is 0 Å². The van der Waals surface area contributed by atoms with Crippen molar-refractivity contribution in [3.8, 4) is 39.7 Å². The van der Waals surface area contributed by atoms with Crippen molar-refractivity contribution in [2.75, 3.05) is 0 Å². The van der Waals surface area contributed by atoms with Crippen molar-refractivity contribution in [1.82, 2.24) is 29.3 Å². The molecule has 3 aromatic heterocycles. The summed E-state index contributed by atoms with van der Waals surface area (Å²) in [4.78, 5) is 13.6. The Morgan fingerprint density at radius 1 is 0.615 bits per heavy atom. The predicted octanol–water partition coefficient (Wildman–Crippen LogP) is 13.3. The molecule has 0 atom stereocenters. The molecule has 0 aliphatic heterocycles. The summed E-state index contributed by atoms with van der Waals surface area (Å²) in [6.45, 7) is 11.1. The summed E-state index contributed by atoms with van der Waals surface area (Å²) in [5.41, 5.74) is 11.2. The van der Waals surface area contributed by atoms with Crippen LogP contribution in [0.3, 0.4) is 0 Å². The third kappa shape index (κ3) is 12.4. The maximum absolute atomic E-state index is 12.9. The van der Waals surface area contributed by atoms with Gasteiger partial charge in [0.2, 0.25) is 0 Å². The number of benzene rings is 5. The van der Waals surface area contributed by atoms with E-state index in [9.17, 15) is 13.2 Å². The van der Waals surface area contributed by atoms with Gasteiger partial charge in [0.1, 0.15) is 5.82 Å². The zero-order valence-electron chi connectivity index (χ0n) is 37.7. The molecule has 0 aliphatic carbocycles. The molecule has 0 saturated heterocycles. The van der Waals surface area contributed by atoms with Gasteiger partial charge in [-0.25, -0.2) is 0 Å². The Morgan fingerprint density at radius 2 is 1.28 bits per heavy atom. The van der Waals surface area contributed by atoms with Crippen LogP contribution >= 0.6 is 0 Å². The van der Waals surface area contributed by atoms with Gasteiger partial charge in [0.05, 0.1) is 11.6 Å². The van der Waals surface area contributed by atoms with Gasteiger partial charge in [-0.2, -0.15) is 18.3 Å². The Morgan fingerprint density at radius 3 is 1.88 bits per heavy atom. The summed E-state index contributed by atoms with van der Waals surface area (Å²) in [5.74, 6) is 3.57. The summed E-state index contributed by atoms with van der Waals surface area (Å²) in [7, 11) is 1.93. The summed E-state index contributed by atoms with van der Waals surface area (Å²) in [6.07, 6.45) is 6.65. The molecule has 8 rings (SSSR count). The molecular weight excluding hydrogens is 994 g/mol. The van der Waals surface area contributed by atoms with Crippen molar-refractivity contribution in [3.05, 3.63) is 197 Å². The van der Waals surface area contributed by atoms with Gasteiger partial charge in [0.15, 0.2) is 0 Å². The third-order valence-corrected chi connectivity index (χ3v) is 11.2. The summed E-state index contributed by atoms with van der Waals surface area (Å²) >= 11 is 0. The minimum Gasteiger partial charge on any atom is -0.340 e. The topological polar surface area (TPSA) is 61.4 Å². The Hall–Kier alpha value is -5.96. The number of imidazole rings is 1. The fourth-order valence-electron chi connectivity index (χ4n) is 7.79. The number of aryl methyl sites for hydroxylation is 6. The van der Waals surface area contributed by atoms with Crippen LogP contribution in [0.4, 0.5) is 13.2 Å². The van der Waals surface area contributed by atoms with E-state index in [0.29, 0.717) is 23.1 Å². The molecule has 8 aromatic rings. The van der Waals surface area contributed by atoms with Crippen LogP contribution in [0.25, 0.3) is 39.7 Å². The average Bonchev–Trinajstić information content (AvgIpc) is 3.95. The van der Waals surface area contributed by atoms with E-state index in [1.807, 2.05) is 54.3 Å². The fourth-order valence-corrected chi connectivity index (χ4v) is 7.79. The SMILES string of the molecule is CC(C)c1cccc(C(C)C)c1-n1ccnc1-c1[c-]cccc1.CCCc1nc(-c2[c-]ccc(CCc3ccc(CCc4ccnc(-c5[c-]cc(C(F)(F)F)cc5)c4)cc3)c2)n(C)n1.[Ir+3]. The largest absolute Gasteiger partial charge is 3.00 e. The summed E-state index contributed by atoms with van der Waals surface area (Å²) in [5, 5.41) is 4.52. The summed E-state index contributed by atoms with van der Waals surface area (Å²) in [6, 6.07) is 46.2. The number of alkyl halides is 3. The molecule has 5 aromatic carbocycles. The van der Waals surface area contributed by atoms with Gasteiger partial charge in [-0.15, -0.1) is 101 Å². The van der Waals surface area contributed by atoms with Crippen LogP contribution in [-0.2, 0) is 65.4 Å². The molecule has 0 spiro atoms. The molecule has 0 radical (unpaired) electrons. The van der Waals surface area contributed by atoms with Crippen molar-refractivity contribution < 1.29 is 33.3 Å². The molecule has 0 fully saturated rings. The maximum atomic E-state index is 12.9. The average molecular weight is 1050 g/mol. The van der Waals surface area contributed by atoms with Crippen LogP contribution < -0.4 is 0 Å². The molecule has 0 unspecified atom stereocenters.